The average Bonchev–Trinajstić information content (AvgIpc) is 2.66. The molecule has 0 saturated carbocycles. The highest BCUT2D eigenvalue weighted by Gasteiger charge is 2.23. The number of hydrogen-bond donors (Lipinski definition) is 1. The third kappa shape index (κ3) is 7.48. The highest BCUT2D eigenvalue weighted by molar-refractivity contribution is 14.0. The summed E-state index contributed by atoms with van der Waals surface area (Å²) in [5.74, 6) is 1.08. The molecular weight excluding hydrogens is 441 g/mol. The molecule has 2 fully saturated rings. The second kappa shape index (κ2) is 13.1. The summed E-state index contributed by atoms with van der Waals surface area (Å²) in [5, 5.41) is 3.48. The topological polar surface area (TPSA) is 43.3 Å². The number of rotatable bonds is 7. The first kappa shape index (κ1) is 23.9. The third-order valence-electron chi connectivity index (χ3n) is 5.46. The van der Waals surface area contributed by atoms with Crippen molar-refractivity contribution in [3.8, 4) is 0 Å². The lowest BCUT2D eigenvalue weighted by Gasteiger charge is -2.37. The summed E-state index contributed by atoms with van der Waals surface area (Å²) in [4.78, 5) is 12.5. The Hall–Kier alpha value is -0.120. The SMILES string of the molecule is CCNC(=NCC(C)N1CCN(CC)CC1)N1CCC(OCC)CC1.I. The van der Waals surface area contributed by atoms with Crippen LogP contribution in [0, 0.1) is 0 Å². The van der Waals surface area contributed by atoms with Crippen molar-refractivity contribution in [2.24, 2.45) is 4.99 Å². The van der Waals surface area contributed by atoms with Crippen LogP contribution in [0.5, 0.6) is 0 Å². The quantitative estimate of drug-likeness (QED) is 0.343. The van der Waals surface area contributed by atoms with E-state index in [1.807, 2.05) is 0 Å². The van der Waals surface area contributed by atoms with Gasteiger partial charge in [0.05, 0.1) is 12.6 Å². The van der Waals surface area contributed by atoms with E-state index in [4.69, 9.17) is 9.73 Å². The first-order valence-electron chi connectivity index (χ1n) is 10.3. The van der Waals surface area contributed by atoms with Crippen LogP contribution in [-0.2, 0) is 4.74 Å². The first-order valence-corrected chi connectivity index (χ1v) is 10.3. The van der Waals surface area contributed by atoms with Gasteiger partial charge in [0.2, 0.25) is 0 Å². The van der Waals surface area contributed by atoms with Crippen molar-refractivity contribution in [2.45, 2.75) is 52.7 Å². The molecule has 2 aliphatic rings. The maximum atomic E-state index is 5.77. The molecule has 0 aromatic heterocycles. The van der Waals surface area contributed by atoms with E-state index in [-0.39, 0.29) is 24.0 Å². The van der Waals surface area contributed by atoms with Crippen LogP contribution in [0.15, 0.2) is 4.99 Å². The highest BCUT2D eigenvalue weighted by Crippen LogP contribution is 2.14. The number of ether oxygens (including phenoxy) is 1. The number of aliphatic imine (C=N–C) groups is 1. The Bertz CT molecular complexity index is 393. The van der Waals surface area contributed by atoms with E-state index in [2.05, 4.69) is 47.7 Å². The molecule has 2 aliphatic heterocycles. The Labute approximate surface area is 177 Å². The fourth-order valence-corrected chi connectivity index (χ4v) is 3.75. The summed E-state index contributed by atoms with van der Waals surface area (Å²) >= 11 is 0. The molecule has 2 rings (SSSR count). The monoisotopic (exact) mass is 481 g/mol. The van der Waals surface area contributed by atoms with E-state index in [1.165, 1.54) is 32.7 Å². The van der Waals surface area contributed by atoms with Gasteiger partial charge in [0.1, 0.15) is 0 Å². The lowest BCUT2D eigenvalue weighted by molar-refractivity contribution is 0.0263. The molecule has 2 heterocycles. The number of likely N-dealkylation sites (N-methyl/N-ethyl adjacent to an activating group) is 1. The van der Waals surface area contributed by atoms with Crippen LogP contribution < -0.4 is 5.32 Å². The predicted octanol–water partition coefficient (Wildman–Crippen LogP) is 2.10. The van der Waals surface area contributed by atoms with Gasteiger partial charge in [-0.05, 0) is 40.2 Å². The number of guanidine groups is 1. The van der Waals surface area contributed by atoms with Crippen molar-refractivity contribution in [3.63, 3.8) is 0 Å². The van der Waals surface area contributed by atoms with Gasteiger partial charge < -0.3 is 19.9 Å². The largest absolute Gasteiger partial charge is 0.378 e. The minimum atomic E-state index is 0. The molecule has 7 heteroatoms. The molecular formula is C19H40IN5O. The summed E-state index contributed by atoms with van der Waals surface area (Å²) in [6.07, 6.45) is 2.64. The van der Waals surface area contributed by atoms with Crippen LogP contribution in [0.1, 0.15) is 40.5 Å². The zero-order valence-electron chi connectivity index (χ0n) is 17.2. The number of nitrogens with one attached hydrogen (secondary N) is 1. The van der Waals surface area contributed by atoms with Crippen molar-refractivity contribution in [1.29, 1.82) is 0 Å². The Morgan fingerprint density at radius 3 is 2.27 bits per heavy atom. The molecule has 1 atom stereocenters. The predicted molar refractivity (Wildman–Crippen MR) is 121 cm³/mol. The van der Waals surface area contributed by atoms with Gasteiger partial charge in [0, 0.05) is 58.5 Å². The number of likely N-dealkylation sites (tertiary alicyclic amines) is 1. The smallest absolute Gasteiger partial charge is 0.193 e. The molecule has 1 N–H and O–H groups in total. The van der Waals surface area contributed by atoms with Gasteiger partial charge in [-0.2, -0.15) is 0 Å². The molecule has 0 radical (unpaired) electrons. The second-order valence-electron chi connectivity index (χ2n) is 7.16. The van der Waals surface area contributed by atoms with E-state index in [1.54, 1.807) is 0 Å². The molecule has 1 unspecified atom stereocenters. The molecule has 0 bridgehead atoms. The lowest BCUT2D eigenvalue weighted by Crippen LogP contribution is -2.51. The van der Waals surface area contributed by atoms with E-state index in [0.29, 0.717) is 12.1 Å². The molecule has 0 aliphatic carbocycles. The van der Waals surface area contributed by atoms with Crippen LogP contribution in [0.3, 0.4) is 0 Å². The standard InChI is InChI=1S/C19H39N5O.HI/c1-5-20-19(24-10-8-18(9-11-24)25-7-3)21-16-17(4)23-14-12-22(6-2)13-15-23;/h17-18H,5-16H2,1-4H3,(H,20,21);1H. The van der Waals surface area contributed by atoms with Gasteiger partial charge in [0.15, 0.2) is 5.96 Å². The molecule has 26 heavy (non-hydrogen) atoms. The number of hydrogen-bond acceptors (Lipinski definition) is 4. The van der Waals surface area contributed by atoms with E-state index in [9.17, 15) is 0 Å². The Balaban J connectivity index is 0.00000338. The van der Waals surface area contributed by atoms with E-state index in [0.717, 1.165) is 51.6 Å². The highest BCUT2D eigenvalue weighted by atomic mass is 127. The normalized spacial score (nSPS) is 22.2. The molecule has 0 spiro atoms. The first-order chi connectivity index (χ1) is 12.2. The lowest BCUT2D eigenvalue weighted by atomic mass is 10.1. The molecule has 0 aromatic rings. The van der Waals surface area contributed by atoms with Crippen LogP contribution in [0.2, 0.25) is 0 Å². The summed E-state index contributed by atoms with van der Waals surface area (Å²) in [6, 6.07) is 0.508. The van der Waals surface area contributed by atoms with Crippen molar-refractivity contribution < 1.29 is 4.74 Å². The zero-order valence-corrected chi connectivity index (χ0v) is 19.6. The van der Waals surface area contributed by atoms with Gasteiger partial charge in [-0.15, -0.1) is 24.0 Å². The van der Waals surface area contributed by atoms with Crippen molar-refractivity contribution in [2.75, 3.05) is 65.5 Å². The third-order valence-corrected chi connectivity index (χ3v) is 5.46. The maximum absolute atomic E-state index is 5.77. The van der Waals surface area contributed by atoms with E-state index < -0.39 is 0 Å². The summed E-state index contributed by atoms with van der Waals surface area (Å²) in [5.41, 5.74) is 0. The maximum Gasteiger partial charge on any atom is 0.193 e. The fourth-order valence-electron chi connectivity index (χ4n) is 3.75. The molecule has 0 amide bonds. The second-order valence-corrected chi connectivity index (χ2v) is 7.16. The summed E-state index contributed by atoms with van der Waals surface area (Å²) in [6.45, 7) is 19.4. The van der Waals surface area contributed by atoms with Gasteiger partial charge >= 0.3 is 0 Å². The van der Waals surface area contributed by atoms with Gasteiger partial charge in [0.25, 0.3) is 0 Å². The van der Waals surface area contributed by atoms with E-state index >= 15 is 0 Å². The minimum Gasteiger partial charge on any atom is -0.378 e. The summed E-state index contributed by atoms with van der Waals surface area (Å²) in [7, 11) is 0. The van der Waals surface area contributed by atoms with Crippen molar-refractivity contribution in [1.82, 2.24) is 20.0 Å². The van der Waals surface area contributed by atoms with Crippen LogP contribution in [0.4, 0.5) is 0 Å². The minimum absolute atomic E-state index is 0. The molecule has 0 aromatic carbocycles. The molecule has 2 saturated heterocycles. The van der Waals surface area contributed by atoms with Crippen LogP contribution in [-0.4, -0.2) is 98.3 Å². The van der Waals surface area contributed by atoms with Gasteiger partial charge in [-0.25, -0.2) is 0 Å². The van der Waals surface area contributed by atoms with Crippen molar-refractivity contribution >= 4 is 29.9 Å². The number of piperidine rings is 1. The average molecular weight is 481 g/mol. The number of piperazine rings is 1. The van der Waals surface area contributed by atoms with Gasteiger partial charge in [-0.3, -0.25) is 9.89 Å². The Kier molecular flexibility index (Phi) is 12.1. The Morgan fingerprint density at radius 1 is 1.08 bits per heavy atom. The fraction of sp³-hybridized carbons (Fsp3) is 0.947. The number of halogens is 1. The van der Waals surface area contributed by atoms with Crippen LogP contribution >= 0.6 is 24.0 Å². The Morgan fingerprint density at radius 2 is 1.73 bits per heavy atom. The molecule has 6 nitrogen and oxygen atoms in total. The van der Waals surface area contributed by atoms with Crippen LogP contribution in [0.25, 0.3) is 0 Å². The van der Waals surface area contributed by atoms with Crippen molar-refractivity contribution in [3.05, 3.63) is 0 Å². The summed E-state index contributed by atoms with van der Waals surface area (Å²) < 4.78 is 5.77. The zero-order chi connectivity index (χ0) is 18.1. The molecule has 154 valence electrons. The number of nitrogens with zero attached hydrogens (tertiary/aromatic N) is 4. The van der Waals surface area contributed by atoms with Gasteiger partial charge in [-0.1, -0.05) is 6.92 Å².